The number of nitrogens with zero attached hydrogens (tertiary/aromatic N) is 2. The van der Waals surface area contributed by atoms with Crippen LogP contribution in [0, 0.1) is 6.92 Å². The lowest BCUT2D eigenvalue weighted by molar-refractivity contribution is 0.296. The fraction of sp³-hybridized carbons (Fsp3) is 0.385. The topological polar surface area (TPSA) is 56.3 Å². The first-order chi connectivity index (χ1) is 9.33. The molecule has 1 aliphatic heterocycles. The summed E-state index contributed by atoms with van der Waals surface area (Å²) in [5.41, 5.74) is 1.08. The van der Waals surface area contributed by atoms with Crippen LogP contribution < -0.4 is 14.8 Å². The first-order valence-electron chi connectivity index (χ1n) is 6.24. The number of nitrogens with one attached hydrogen (secondary N) is 1. The molecule has 0 saturated heterocycles. The minimum absolute atomic E-state index is 0.654. The summed E-state index contributed by atoms with van der Waals surface area (Å²) >= 11 is 1.37. The summed E-state index contributed by atoms with van der Waals surface area (Å²) in [5, 5.41) is 4.09. The molecular formula is C13H15N3O2S. The smallest absolute Gasteiger partial charge is 0.202 e. The molecule has 3 rings (SSSR count). The van der Waals surface area contributed by atoms with Gasteiger partial charge in [-0.05, 0) is 13.0 Å². The van der Waals surface area contributed by atoms with Crippen LogP contribution in [0.2, 0.25) is 0 Å². The van der Waals surface area contributed by atoms with Crippen LogP contribution in [0.1, 0.15) is 17.8 Å². The number of ether oxygens (including phenoxy) is 2. The molecule has 0 bridgehead atoms. The Labute approximate surface area is 115 Å². The van der Waals surface area contributed by atoms with Crippen LogP contribution in [0.5, 0.6) is 11.5 Å². The zero-order valence-electron chi connectivity index (χ0n) is 10.7. The lowest BCUT2D eigenvalue weighted by Crippen LogP contribution is -2.03. The van der Waals surface area contributed by atoms with E-state index >= 15 is 0 Å². The fourth-order valence-corrected chi connectivity index (χ4v) is 2.50. The highest BCUT2D eigenvalue weighted by Gasteiger charge is 2.14. The van der Waals surface area contributed by atoms with Gasteiger partial charge in [-0.15, -0.1) is 0 Å². The van der Waals surface area contributed by atoms with Gasteiger partial charge in [0.2, 0.25) is 5.13 Å². The number of aryl methyl sites for hydroxylation is 1. The zero-order chi connectivity index (χ0) is 13.1. The van der Waals surface area contributed by atoms with Gasteiger partial charge in [0.1, 0.15) is 5.82 Å². The Kier molecular flexibility index (Phi) is 3.50. The molecule has 0 atom stereocenters. The first-order valence-corrected chi connectivity index (χ1v) is 7.02. The maximum atomic E-state index is 5.78. The molecule has 0 amide bonds. The third kappa shape index (κ3) is 2.78. The molecule has 0 fully saturated rings. The van der Waals surface area contributed by atoms with Crippen molar-refractivity contribution in [2.75, 3.05) is 18.5 Å². The molecule has 1 aliphatic rings. The van der Waals surface area contributed by atoms with E-state index in [2.05, 4.69) is 14.7 Å². The van der Waals surface area contributed by atoms with Crippen molar-refractivity contribution in [3.63, 3.8) is 0 Å². The van der Waals surface area contributed by atoms with Crippen molar-refractivity contribution < 1.29 is 9.47 Å². The van der Waals surface area contributed by atoms with Gasteiger partial charge in [-0.3, -0.25) is 0 Å². The quantitative estimate of drug-likeness (QED) is 0.934. The minimum atomic E-state index is 0.654. The van der Waals surface area contributed by atoms with Gasteiger partial charge >= 0.3 is 0 Å². The molecule has 0 radical (unpaired) electrons. The fourth-order valence-electron chi connectivity index (χ4n) is 1.93. The van der Waals surface area contributed by atoms with Crippen molar-refractivity contribution in [2.45, 2.75) is 19.9 Å². The third-order valence-electron chi connectivity index (χ3n) is 2.81. The minimum Gasteiger partial charge on any atom is -0.490 e. The lowest BCUT2D eigenvalue weighted by Gasteiger charge is -2.12. The normalized spacial score (nSPS) is 13.9. The van der Waals surface area contributed by atoms with Gasteiger partial charge in [0.25, 0.3) is 0 Å². The number of rotatable bonds is 3. The molecule has 0 spiro atoms. The molecular weight excluding hydrogens is 262 g/mol. The number of hydrogen-bond acceptors (Lipinski definition) is 6. The number of fused-ring (bicyclic) bond motifs is 1. The van der Waals surface area contributed by atoms with Crippen LogP contribution >= 0.6 is 11.5 Å². The third-order valence-corrected chi connectivity index (χ3v) is 3.57. The molecule has 100 valence electrons. The molecule has 2 aromatic rings. The van der Waals surface area contributed by atoms with Gasteiger partial charge in [0.15, 0.2) is 11.5 Å². The summed E-state index contributed by atoms with van der Waals surface area (Å²) in [6.07, 6.45) is 0.914. The maximum Gasteiger partial charge on any atom is 0.202 e. The van der Waals surface area contributed by atoms with Crippen molar-refractivity contribution in [3.05, 3.63) is 29.6 Å². The van der Waals surface area contributed by atoms with Crippen molar-refractivity contribution in [1.29, 1.82) is 0 Å². The van der Waals surface area contributed by atoms with E-state index in [0.717, 1.165) is 34.4 Å². The molecule has 2 heterocycles. The molecule has 0 unspecified atom stereocenters. The summed E-state index contributed by atoms with van der Waals surface area (Å²) in [7, 11) is 0. The molecule has 5 nitrogen and oxygen atoms in total. The monoisotopic (exact) mass is 277 g/mol. The first kappa shape index (κ1) is 12.2. The van der Waals surface area contributed by atoms with Gasteiger partial charge < -0.3 is 14.8 Å². The average Bonchev–Trinajstić information content (AvgIpc) is 2.69. The molecule has 1 aromatic carbocycles. The van der Waals surface area contributed by atoms with E-state index in [4.69, 9.17) is 9.47 Å². The molecule has 19 heavy (non-hydrogen) atoms. The number of anilines is 1. The summed E-state index contributed by atoms with van der Waals surface area (Å²) in [6.45, 7) is 3.94. The number of para-hydroxylation sites is 1. The molecule has 0 saturated carbocycles. The van der Waals surface area contributed by atoms with Gasteiger partial charge in [-0.1, -0.05) is 12.1 Å². The summed E-state index contributed by atoms with van der Waals surface area (Å²) in [4.78, 5) is 4.28. The van der Waals surface area contributed by atoms with Crippen LogP contribution in [-0.2, 0) is 6.54 Å². The lowest BCUT2D eigenvalue weighted by atomic mass is 10.2. The van der Waals surface area contributed by atoms with E-state index in [1.54, 1.807) is 0 Å². The van der Waals surface area contributed by atoms with Crippen molar-refractivity contribution in [1.82, 2.24) is 9.36 Å². The van der Waals surface area contributed by atoms with Crippen molar-refractivity contribution in [3.8, 4) is 11.5 Å². The predicted octanol–water partition coefficient (Wildman–Crippen LogP) is 2.62. The van der Waals surface area contributed by atoms with E-state index in [-0.39, 0.29) is 0 Å². The van der Waals surface area contributed by atoms with Crippen LogP contribution in [0.3, 0.4) is 0 Å². The standard InChI is InChI=1S/C13H15N3O2S/c1-9-15-13(19-16-9)14-8-10-4-2-5-11-12(10)18-7-3-6-17-11/h2,4-5H,3,6-8H2,1H3,(H,14,15,16). The van der Waals surface area contributed by atoms with Crippen LogP contribution in [0.4, 0.5) is 5.13 Å². The number of aromatic nitrogens is 2. The Morgan fingerprint density at radius 3 is 3.05 bits per heavy atom. The highest BCUT2D eigenvalue weighted by molar-refractivity contribution is 7.09. The highest BCUT2D eigenvalue weighted by Crippen LogP contribution is 2.33. The highest BCUT2D eigenvalue weighted by atomic mass is 32.1. The van der Waals surface area contributed by atoms with Gasteiger partial charge in [-0.25, -0.2) is 4.98 Å². The average molecular weight is 277 g/mol. The second-order valence-electron chi connectivity index (χ2n) is 4.30. The number of hydrogen-bond donors (Lipinski definition) is 1. The number of benzene rings is 1. The van der Waals surface area contributed by atoms with E-state index < -0.39 is 0 Å². The van der Waals surface area contributed by atoms with Crippen LogP contribution in [-0.4, -0.2) is 22.6 Å². The van der Waals surface area contributed by atoms with Gasteiger partial charge in [0, 0.05) is 30.1 Å². The molecule has 1 aromatic heterocycles. The SMILES string of the molecule is Cc1nsc(NCc2cccc3c2OCCCO3)n1. The molecule has 6 heteroatoms. The Balaban J connectivity index is 1.77. The van der Waals surface area contributed by atoms with E-state index in [1.807, 2.05) is 25.1 Å². The van der Waals surface area contributed by atoms with Crippen LogP contribution in [0.15, 0.2) is 18.2 Å². The largest absolute Gasteiger partial charge is 0.490 e. The van der Waals surface area contributed by atoms with E-state index in [1.165, 1.54) is 11.5 Å². The second kappa shape index (κ2) is 5.44. The van der Waals surface area contributed by atoms with Crippen molar-refractivity contribution >= 4 is 16.7 Å². The molecule has 1 N–H and O–H groups in total. The van der Waals surface area contributed by atoms with Crippen molar-refractivity contribution in [2.24, 2.45) is 0 Å². The Morgan fingerprint density at radius 1 is 1.32 bits per heavy atom. The van der Waals surface area contributed by atoms with E-state index in [9.17, 15) is 0 Å². The van der Waals surface area contributed by atoms with Gasteiger partial charge in [0.05, 0.1) is 13.2 Å². The van der Waals surface area contributed by atoms with Crippen LogP contribution in [0.25, 0.3) is 0 Å². The predicted molar refractivity (Wildman–Crippen MR) is 74.0 cm³/mol. The second-order valence-corrected chi connectivity index (χ2v) is 5.05. The molecule has 0 aliphatic carbocycles. The maximum absolute atomic E-state index is 5.78. The Morgan fingerprint density at radius 2 is 2.21 bits per heavy atom. The van der Waals surface area contributed by atoms with Gasteiger partial charge in [-0.2, -0.15) is 4.37 Å². The Bertz CT molecular complexity index is 571. The summed E-state index contributed by atoms with van der Waals surface area (Å²) < 4.78 is 15.6. The Hall–Kier alpha value is -1.82. The van der Waals surface area contributed by atoms with E-state index in [0.29, 0.717) is 19.8 Å². The summed E-state index contributed by atoms with van der Waals surface area (Å²) in [5.74, 6) is 2.46. The zero-order valence-corrected chi connectivity index (χ0v) is 11.5. The summed E-state index contributed by atoms with van der Waals surface area (Å²) in [6, 6.07) is 5.96.